The summed E-state index contributed by atoms with van der Waals surface area (Å²) in [7, 11) is 1.86. The molecule has 0 bridgehead atoms. The first kappa shape index (κ1) is 22.5. The van der Waals surface area contributed by atoms with Gasteiger partial charge in [0.1, 0.15) is 0 Å². The number of hydrogen-bond donors (Lipinski definition) is 2. The van der Waals surface area contributed by atoms with Crippen LogP contribution in [0.4, 0.5) is 0 Å². The van der Waals surface area contributed by atoms with Crippen molar-refractivity contribution in [3.63, 3.8) is 0 Å². The number of guanidine groups is 1. The van der Waals surface area contributed by atoms with E-state index in [0.717, 1.165) is 32.1 Å². The summed E-state index contributed by atoms with van der Waals surface area (Å²) in [4.78, 5) is 4.44. The summed E-state index contributed by atoms with van der Waals surface area (Å²) in [6.07, 6.45) is 5.19. The number of rotatable bonds is 5. The van der Waals surface area contributed by atoms with E-state index in [1.54, 1.807) is 0 Å². The fourth-order valence-corrected chi connectivity index (χ4v) is 4.22. The van der Waals surface area contributed by atoms with Gasteiger partial charge < -0.3 is 15.4 Å². The van der Waals surface area contributed by atoms with Crippen LogP contribution in [-0.2, 0) is 10.2 Å². The Morgan fingerprint density at radius 1 is 1.19 bits per heavy atom. The van der Waals surface area contributed by atoms with Gasteiger partial charge in [-0.05, 0) is 36.7 Å². The van der Waals surface area contributed by atoms with Crippen molar-refractivity contribution in [3.8, 4) is 0 Å². The van der Waals surface area contributed by atoms with Gasteiger partial charge in [-0.2, -0.15) is 0 Å². The summed E-state index contributed by atoms with van der Waals surface area (Å²) < 4.78 is 6.10. The Morgan fingerprint density at radius 3 is 2.48 bits per heavy atom. The quantitative estimate of drug-likeness (QED) is 0.371. The minimum atomic E-state index is 0. The van der Waals surface area contributed by atoms with E-state index in [4.69, 9.17) is 4.74 Å². The highest BCUT2D eigenvalue weighted by molar-refractivity contribution is 14.0. The molecule has 2 N–H and O–H groups in total. The van der Waals surface area contributed by atoms with E-state index in [1.165, 1.54) is 24.8 Å². The van der Waals surface area contributed by atoms with Crippen molar-refractivity contribution in [3.05, 3.63) is 35.9 Å². The molecule has 3 rings (SSSR count). The van der Waals surface area contributed by atoms with Gasteiger partial charge in [0.15, 0.2) is 5.96 Å². The van der Waals surface area contributed by atoms with Crippen LogP contribution in [0.25, 0.3) is 0 Å². The minimum absolute atomic E-state index is 0. The molecule has 1 aromatic rings. The monoisotopic (exact) mass is 485 g/mol. The summed E-state index contributed by atoms with van der Waals surface area (Å²) in [5, 5.41) is 7.11. The summed E-state index contributed by atoms with van der Waals surface area (Å²) >= 11 is 0. The molecule has 0 radical (unpaired) electrons. The maximum atomic E-state index is 6.10. The van der Waals surface area contributed by atoms with E-state index in [9.17, 15) is 0 Å². The highest BCUT2D eigenvalue weighted by Crippen LogP contribution is 2.47. The third-order valence-electron chi connectivity index (χ3n) is 5.89. The van der Waals surface area contributed by atoms with E-state index < -0.39 is 0 Å². The van der Waals surface area contributed by atoms with Gasteiger partial charge in [-0.3, -0.25) is 4.99 Å². The standard InChI is InChI=1S/C22H35N3O.HI/c1-21(2,3)19-17(9-8-14-26-19)15-24-20(23-4)25-16-22(12-13-22)18-10-6-5-7-11-18;/h5-7,10-11,17,19H,8-9,12-16H2,1-4H3,(H2,23,24,25);1H. The van der Waals surface area contributed by atoms with Crippen LogP contribution in [-0.4, -0.2) is 38.8 Å². The molecule has 1 saturated heterocycles. The summed E-state index contributed by atoms with van der Waals surface area (Å²) in [6.45, 7) is 9.59. The Morgan fingerprint density at radius 2 is 1.89 bits per heavy atom. The Balaban J connectivity index is 0.00000261. The molecular formula is C22H36IN3O. The van der Waals surface area contributed by atoms with Crippen LogP contribution in [0.15, 0.2) is 35.3 Å². The lowest BCUT2D eigenvalue weighted by molar-refractivity contribution is -0.0835. The number of nitrogens with one attached hydrogen (secondary N) is 2. The van der Waals surface area contributed by atoms with Gasteiger partial charge in [-0.1, -0.05) is 51.1 Å². The average Bonchev–Trinajstić information content (AvgIpc) is 3.43. The molecule has 2 fully saturated rings. The number of hydrogen-bond acceptors (Lipinski definition) is 2. The Bertz CT molecular complexity index is 608. The van der Waals surface area contributed by atoms with E-state index in [-0.39, 0.29) is 29.4 Å². The van der Waals surface area contributed by atoms with Crippen molar-refractivity contribution >= 4 is 29.9 Å². The summed E-state index contributed by atoms with van der Waals surface area (Å²) in [6, 6.07) is 10.9. The van der Waals surface area contributed by atoms with Crippen LogP contribution in [0.3, 0.4) is 0 Å². The number of aliphatic imine (C=N–C) groups is 1. The molecule has 0 aromatic heterocycles. The molecule has 2 atom stereocenters. The van der Waals surface area contributed by atoms with Gasteiger partial charge in [-0.25, -0.2) is 0 Å². The van der Waals surface area contributed by atoms with Gasteiger partial charge >= 0.3 is 0 Å². The first-order valence-corrected chi connectivity index (χ1v) is 10.1. The zero-order chi connectivity index (χ0) is 18.6. The molecule has 152 valence electrons. The summed E-state index contributed by atoms with van der Waals surface area (Å²) in [5.74, 6) is 1.44. The zero-order valence-corrected chi connectivity index (χ0v) is 19.6. The van der Waals surface area contributed by atoms with Crippen LogP contribution >= 0.6 is 24.0 Å². The van der Waals surface area contributed by atoms with E-state index >= 15 is 0 Å². The fourth-order valence-electron chi connectivity index (χ4n) is 4.22. The molecular weight excluding hydrogens is 449 g/mol. The first-order chi connectivity index (χ1) is 12.4. The average molecular weight is 485 g/mol. The lowest BCUT2D eigenvalue weighted by Crippen LogP contribution is -2.48. The zero-order valence-electron chi connectivity index (χ0n) is 17.3. The SMILES string of the molecule is CN=C(NCC1CCCOC1C(C)(C)C)NCC1(c2ccccc2)CC1.I. The molecule has 1 aromatic carbocycles. The van der Waals surface area contributed by atoms with Crippen LogP contribution < -0.4 is 10.6 Å². The van der Waals surface area contributed by atoms with Crippen molar-refractivity contribution in [2.75, 3.05) is 26.7 Å². The predicted octanol–water partition coefficient (Wildman–Crippen LogP) is 4.34. The summed E-state index contributed by atoms with van der Waals surface area (Å²) in [5.41, 5.74) is 1.91. The van der Waals surface area contributed by atoms with Crippen LogP contribution in [0.1, 0.15) is 52.0 Å². The van der Waals surface area contributed by atoms with Gasteiger partial charge in [0.25, 0.3) is 0 Å². The highest BCUT2D eigenvalue weighted by atomic mass is 127. The molecule has 1 saturated carbocycles. The third kappa shape index (κ3) is 5.83. The lowest BCUT2D eigenvalue weighted by atomic mass is 9.78. The first-order valence-electron chi connectivity index (χ1n) is 10.1. The predicted molar refractivity (Wildman–Crippen MR) is 124 cm³/mol. The second-order valence-electron chi connectivity index (χ2n) is 9.01. The maximum absolute atomic E-state index is 6.10. The van der Waals surface area contributed by atoms with Crippen molar-refractivity contribution in [2.45, 2.75) is 58.0 Å². The Labute approximate surface area is 182 Å². The van der Waals surface area contributed by atoms with E-state index in [2.05, 4.69) is 66.7 Å². The Hall–Kier alpha value is -0.820. The van der Waals surface area contributed by atoms with Crippen LogP contribution in [0, 0.1) is 11.3 Å². The molecule has 4 nitrogen and oxygen atoms in total. The van der Waals surface area contributed by atoms with Crippen molar-refractivity contribution in [2.24, 2.45) is 16.3 Å². The van der Waals surface area contributed by atoms with Gasteiger partial charge in [0.2, 0.25) is 0 Å². The molecule has 1 aliphatic carbocycles. The second kappa shape index (κ2) is 9.59. The minimum Gasteiger partial charge on any atom is -0.377 e. The number of halogens is 1. The molecule has 2 unspecified atom stereocenters. The molecule has 0 amide bonds. The normalized spacial score (nSPS) is 24.7. The van der Waals surface area contributed by atoms with Gasteiger partial charge in [0.05, 0.1) is 6.10 Å². The maximum Gasteiger partial charge on any atom is 0.191 e. The third-order valence-corrected chi connectivity index (χ3v) is 5.89. The smallest absolute Gasteiger partial charge is 0.191 e. The number of nitrogens with zero attached hydrogens (tertiary/aromatic N) is 1. The van der Waals surface area contributed by atoms with Gasteiger partial charge in [0, 0.05) is 38.1 Å². The van der Waals surface area contributed by atoms with Gasteiger partial charge in [-0.15, -0.1) is 24.0 Å². The van der Waals surface area contributed by atoms with Crippen LogP contribution in [0.5, 0.6) is 0 Å². The largest absolute Gasteiger partial charge is 0.377 e. The van der Waals surface area contributed by atoms with Crippen molar-refractivity contribution in [1.82, 2.24) is 10.6 Å². The second-order valence-corrected chi connectivity index (χ2v) is 9.01. The topological polar surface area (TPSA) is 45.7 Å². The highest BCUT2D eigenvalue weighted by Gasteiger charge is 2.44. The van der Waals surface area contributed by atoms with Crippen molar-refractivity contribution < 1.29 is 4.74 Å². The molecule has 5 heteroatoms. The molecule has 0 spiro atoms. The number of benzene rings is 1. The molecule has 1 heterocycles. The molecule has 1 aliphatic heterocycles. The van der Waals surface area contributed by atoms with Crippen LogP contribution in [0.2, 0.25) is 0 Å². The number of ether oxygens (including phenoxy) is 1. The Kier molecular flexibility index (Phi) is 7.98. The fraction of sp³-hybridized carbons (Fsp3) is 0.682. The van der Waals surface area contributed by atoms with E-state index in [1.807, 2.05) is 7.05 Å². The molecule has 27 heavy (non-hydrogen) atoms. The lowest BCUT2D eigenvalue weighted by Gasteiger charge is -2.40. The molecule has 2 aliphatic rings. The van der Waals surface area contributed by atoms with E-state index in [0.29, 0.717) is 17.4 Å². The van der Waals surface area contributed by atoms with Crippen molar-refractivity contribution in [1.29, 1.82) is 0 Å².